The van der Waals surface area contributed by atoms with E-state index in [0.29, 0.717) is 17.9 Å². The summed E-state index contributed by atoms with van der Waals surface area (Å²) >= 11 is 0. The number of aryl methyl sites for hydroxylation is 1. The molecule has 5 heteroatoms. The van der Waals surface area contributed by atoms with Crippen LogP contribution in [0, 0.1) is 13.8 Å². The van der Waals surface area contributed by atoms with Gasteiger partial charge in [-0.2, -0.15) is 0 Å². The molecule has 1 heterocycles. The summed E-state index contributed by atoms with van der Waals surface area (Å²) in [7, 11) is 0. The zero-order chi connectivity index (χ0) is 26.7. The molecular weight excluding hydrogens is 460 g/mol. The van der Waals surface area contributed by atoms with Crippen molar-refractivity contribution in [3.63, 3.8) is 0 Å². The summed E-state index contributed by atoms with van der Waals surface area (Å²) < 4.78 is 7.63. The van der Waals surface area contributed by atoms with Crippen molar-refractivity contribution < 1.29 is 14.3 Å². The van der Waals surface area contributed by atoms with Gasteiger partial charge in [0.05, 0.1) is 6.04 Å². The molecule has 0 radical (unpaired) electrons. The molecule has 192 valence electrons. The lowest BCUT2D eigenvalue weighted by Crippen LogP contribution is -2.26. The van der Waals surface area contributed by atoms with Gasteiger partial charge in [-0.05, 0) is 78.8 Å². The standard InChI is InChI=1S/C32H36N2O3/c1-21-23(3)34(20-24-7-14-28(15-8-24)37-18-17-35)30-16-11-26(19-29(21)30)31(36)33-22(2)25-9-12-27(13-10-25)32(4,5)6/h7-17,19,22H,18,20H2,1-6H3,(H,33,36)/t22-/m0/s1. The molecule has 37 heavy (non-hydrogen) atoms. The molecule has 1 aromatic heterocycles. The van der Waals surface area contributed by atoms with Gasteiger partial charge < -0.3 is 14.6 Å². The molecule has 4 aromatic rings. The summed E-state index contributed by atoms with van der Waals surface area (Å²) in [4.78, 5) is 23.7. The largest absolute Gasteiger partial charge is 0.486 e. The molecular formula is C32H36N2O3. The van der Waals surface area contributed by atoms with Crippen molar-refractivity contribution in [2.45, 2.75) is 59.5 Å². The third-order valence-electron chi connectivity index (χ3n) is 7.11. The summed E-state index contributed by atoms with van der Waals surface area (Å²) in [5, 5.41) is 4.24. The molecule has 0 aliphatic rings. The molecule has 4 rings (SSSR count). The second-order valence-corrected chi connectivity index (χ2v) is 10.7. The van der Waals surface area contributed by atoms with Gasteiger partial charge >= 0.3 is 0 Å². The Labute approximate surface area is 219 Å². The Bertz CT molecular complexity index is 1410. The topological polar surface area (TPSA) is 60.3 Å². The molecule has 0 unspecified atom stereocenters. The van der Waals surface area contributed by atoms with Gasteiger partial charge in [-0.1, -0.05) is 57.2 Å². The Hall–Kier alpha value is -3.86. The summed E-state index contributed by atoms with van der Waals surface area (Å²) in [6, 6.07) is 22.1. The smallest absolute Gasteiger partial charge is 0.251 e. The number of nitrogens with one attached hydrogen (secondary N) is 1. The molecule has 0 aliphatic carbocycles. The average molecular weight is 497 g/mol. The van der Waals surface area contributed by atoms with Crippen LogP contribution < -0.4 is 10.1 Å². The first-order chi connectivity index (χ1) is 17.6. The quantitative estimate of drug-likeness (QED) is 0.277. The number of nitrogens with zero attached hydrogens (tertiary/aromatic N) is 1. The Morgan fingerprint density at radius 2 is 1.68 bits per heavy atom. The minimum atomic E-state index is -0.0943. The number of carbonyl (C=O) groups excluding carboxylic acids is 2. The summed E-state index contributed by atoms with van der Waals surface area (Å²) in [5.41, 5.74) is 7.68. The fourth-order valence-corrected chi connectivity index (χ4v) is 4.63. The van der Waals surface area contributed by atoms with Crippen molar-refractivity contribution in [1.29, 1.82) is 0 Å². The maximum Gasteiger partial charge on any atom is 0.251 e. The number of carbonyl (C=O) groups is 2. The highest BCUT2D eigenvalue weighted by molar-refractivity contribution is 5.99. The summed E-state index contributed by atoms with van der Waals surface area (Å²) in [5.74, 6) is 0.598. The Morgan fingerprint density at radius 1 is 1.00 bits per heavy atom. The van der Waals surface area contributed by atoms with Gasteiger partial charge in [-0.15, -0.1) is 0 Å². The summed E-state index contributed by atoms with van der Waals surface area (Å²) in [6.45, 7) is 13.6. The van der Waals surface area contributed by atoms with E-state index in [1.165, 1.54) is 16.8 Å². The highest BCUT2D eigenvalue weighted by Gasteiger charge is 2.17. The van der Waals surface area contributed by atoms with Gasteiger partial charge in [0.2, 0.25) is 0 Å². The van der Waals surface area contributed by atoms with Gasteiger partial charge in [-0.25, -0.2) is 0 Å². The van der Waals surface area contributed by atoms with E-state index < -0.39 is 0 Å². The fraction of sp³-hybridized carbons (Fsp3) is 0.312. The zero-order valence-electron chi connectivity index (χ0n) is 22.6. The number of fused-ring (bicyclic) bond motifs is 1. The molecule has 1 amide bonds. The SMILES string of the molecule is Cc1c(C)n(Cc2ccc(OCC=O)cc2)c2ccc(C(=O)N[C@@H](C)c3ccc(C(C)(C)C)cc3)cc12. The van der Waals surface area contributed by atoms with Gasteiger partial charge in [-0.3, -0.25) is 9.59 Å². The third kappa shape index (κ3) is 5.77. The lowest BCUT2D eigenvalue weighted by molar-refractivity contribution is -0.109. The van der Waals surface area contributed by atoms with Crippen LogP contribution in [0.2, 0.25) is 0 Å². The van der Waals surface area contributed by atoms with Gasteiger partial charge in [0, 0.05) is 28.7 Å². The number of rotatable bonds is 8. The van der Waals surface area contributed by atoms with Crippen LogP contribution in [-0.4, -0.2) is 23.4 Å². The van der Waals surface area contributed by atoms with Crippen LogP contribution in [0.3, 0.4) is 0 Å². The number of aldehydes is 1. The molecule has 0 aliphatic heterocycles. The maximum absolute atomic E-state index is 13.1. The molecule has 0 bridgehead atoms. The monoisotopic (exact) mass is 496 g/mol. The minimum Gasteiger partial charge on any atom is -0.486 e. The second kappa shape index (κ2) is 10.6. The first-order valence-corrected chi connectivity index (χ1v) is 12.7. The normalized spacial score (nSPS) is 12.4. The predicted molar refractivity (Wildman–Crippen MR) is 150 cm³/mol. The van der Waals surface area contributed by atoms with Crippen molar-refractivity contribution in [3.8, 4) is 5.75 Å². The number of aromatic nitrogens is 1. The molecule has 0 saturated heterocycles. The minimum absolute atomic E-state index is 0.0536. The zero-order valence-corrected chi connectivity index (χ0v) is 22.6. The molecule has 1 N–H and O–H groups in total. The van der Waals surface area contributed by atoms with E-state index in [-0.39, 0.29) is 24.0 Å². The van der Waals surface area contributed by atoms with Crippen molar-refractivity contribution in [2.24, 2.45) is 0 Å². The average Bonchev–Trinajstić information content (AvgIpc) is 3.12. The van der Waals surface area contributed by atoms with Crippen molar-refractivity contribution in [1.82, 2.24) is 9.88 Å². The Morgan fingerprint density at radius 3 is 2.30 bits per heavy atom. The van der Waals surface area contributed by atoms with Gasteiger partial charge in [0.15, 0.2) is 6.29 Å². The van der Waals surface area contributed by atoms with E-state index in [1.54, 1.807) is 0 Å². The number of benzene rings is 3. The Kier molecular flexibility index (Phi) is 7.53. The first kappa shape index (κ1) is 26.2. The number of amides is 1. The van der Waals surface area contributed by atoms with E-state index in [9.17, 15) is 9.59 Å². The third-order valence-corrected chi connectivity index (χ3v) is 7.11. The van der Waals surface area contributed by atoms with Crippen molar-refractivity contribution in [2.75, 3.05) is 6.61 Å². The van der Waals surface area contributed by atoms with Crippen LogP contribution in [0.4, 0.5) is 0 Å². The Balaban J connectivity index is 1.52. The lowest BCUT2D eigenvalue weighted by Gasteiger charge is -2.20. The van der Waals surface area contributed by atoms with Crippen LogP contribution in [0.25, 0.3) is 10.9 Å². The molecule has 0 spiro atoms. The van der Waals surface area contributed by atoms with Crippen LogP contribution in [0.1, 0.15) is 72.0 Å². The molecule has 3 aromatic carbocycles. The highest BCUT2D eigenvalue weighted by Crippen LogP contribution is 2.28. The van der Waals surface area contributed by atoms with E-state index >= 15 is 0 Å². The predicted octanol–water partition coefficient (Wildman–Crippen LogP) is 6.67. The van der Waals surface area contributed by atoms with Crippen molar-refractivity contribution >= 4 is 23.1 Å². The number of hydrogen-bond acceptors (Lipinski definition) is 3. The molecule has 1 atom stereocenters. The van der Waals surface area contributed by atoms with Crippen molar-refractivity contribution in [3.05, 3.63) is 100 Å². The fourth-order valence-electron chi connectivity index (χ4n) is 4.63. The highest BCUT2D eigenvalue weighted by atomic mass is 16.5. The second-order valence-electron chi connectivity index (χ2n) is 10.7. The molecule has 0 saturated carbocycles. The number of hydrogen-bond donors (Lipinski definition) is 1. The first-order valence-electron chi connectivity index (χ1n) is 12.7. The van der Waals surface area contributed by atoms with E-state index in [4.69, 9.17) is 4.74 Å². The van der Waals surface area contributed by atoms with E-state index in [1.807, 2.05) is 49.4 Å². The molecule has 0 fully saturated rings. The maximum atomic E-state index is 13.1. The van der Waals surface area contributed by atoms with Gasteiger partial charge in [0.1, 0.15) is 12.4 Å². The summed E-state index contributed by atoms with van der Waals surface area (Å²) in [6.07, 6.45) is 0.741. The number of ether oxygens (including phenoxy) is 1. The van der Waals surface area contributed by atoms with Crippen LogP contribution >= 0.6 is 0 Å². The van der Waals surface area contributed by atoms with E-state index in [2.05, 4.69) is 68.8 Å². The van der Waals surface area contributed by atoms with E-state index in [0.717, 1.165) is 28.3 Å². The van der Waals surface area contributed by atoms with Crippen LogP contribution in [-0.2, 0) is 16.8 Å². The lowest BCUT2D eigenvalue weighted by atomic mass is 9.86. The van der Waals surface area contributed by atoms with Crippen LogP contribution in [0.5, 0.6) is 5.75 Å². The van der Waals surface area contributed by atoms with Crippen LogP contribution in [0.15, 0.2) is 66.7 Å². The molecule has 5 nitrogen and oxygen atoms in total. The van der Waals surface area contributed by atoms with Gasteiger partial charge in [0.25, 0.3) is 5.91 Å².